The van der Waals surface area contributed by atoms with Gasteiger partial charge in [-0.3, -0.25) is 9.59 Å². The van der Waals surface area contributed by atoms with E-state index in [2.05, 4.69) is 5.32 Å². The highest BCUT2D eigenvalue weighted by Crippen LogP contribution is 2.30. The maximum absolute atomic E-state index is 12.7. The molecule has 4 nitrogen and oxygen atoms in total. The number of rotatable bonds is 4. The molecule has 0 spiro atoms. The zero-order chi connectivity index (χ0) is 16.9. The van der Waals surface area contributed by atoms with Crippen molar-refractivity contribution in [3.8, 4) is 0 Å². The van der Waals surface area contributed by atoms with Crippen molar-refractivity contribution < 1.29 is 9.59 Å². The van der Waals surface area contributed by atoms with Gasteiger partial charge in [0.15, 0.2) is 0 Å². The Hall–Kier alpha value is -1.06. The standard InChI is InChI=1S/C16H28N2O2.C2H6/c1-16(2,3)13(17-14(19)11-7-5-8-11)15(20)18(4)12-9-6-10-12;1-2/h11-13H,5-10H2,1-4H3,(H,17,19);1-2H3. The van der Waals surface area contributed by atoms with Gasteiger partial charge in [-0.05, 0) is 37.5 Å². The molecule has 0 aromatic rings. The number of hydrogen-bond donors (Lipinski definition) is 1. The minimum absolute atomic E-state index is 0.0616. The van der Waals surface area contributed by atoms with E-state index in [9.17, 15) is 9.59 Å². The van der Waals surface area contributed by atoms with Crippen LogP contribution in [0.4, 0.5) is 0 Å². The van der Waals surface area contributed by atoms with Gasteiger partial charge in [-0.2, -0.15) is 0 Å². The van der Waals surface area contributed by atoms with E-state index in [1.54, 1.807) is 0 Å². The van der Waals surface area contributed by atoms with Crippen molar-refractivity contribution in [2.45, 2.75) is 85.2 Å². The molecule has 0 saturated heterocycles. The summed E-state index contributed by atoms with van der Waals surface area (Å²) in [4.78, 5) is 26.7. The lowest BCUT2D eigenvalue weighted by Gasteiger charge is -2.40. The first-order valence-corrected chi connectivity index (χ1v) is 8.87. The minimum atomic E-state index is -0.416. The lowest BCUT2D eigenvalue weighted by atomic mass is 9.81. The Morgan fingerprint density at radius 1 is 1.05 bits per heavy atom. The molecule has 0 heterocycles. The monoisotopic (exact) mass is 310 g/mol. The molecule has 128 valence electrons. The Morgan fingerprint density at radius 3 is 1.86 bits per heavy atom. The number of hydrogen-bond acceptors (Lipinski definition) is 2. The number of carbonyl (C=O) groups is 2. The van der Waals surface area contributed by atoms with Crippen LogP contribution in [0.15, 0.2) is 0 Å². The van der Waals surface area contributed by atoms with Crippen LogP contribution in [0.25, 0.3) is 0 Å². The zero-order valence-electron chi connectivity index (χ0n) is 15.2. The largest absolute Gasteiger partial charge is 0.344 e. The number of likely N-dealkylation sites (N-methyl/N-ethyl adjacent to an activating group) is 1. The molecule has 2 rings (SSSR count). The van der Waals surface area contributed by atoms with Crippen molar-refractivity contribution >= 4 is 11.8 Å². The van der Waals surface area contributed by atoms with E-state index in [1.807, 2.05) is 46.6 Å². The van der Waals surface area contributed by atoms with Gasteiger partial charge < -0.3 is 10.2 Å². The maximum atomic E-state index is 12.7. The predicted octanol–water partition coefficient (Wildman–Crippen LogP) is 3.35. The van der Waals surface area contributed by atoms with Crippen LogP contribution >= 0.6 is 0 Å². The molecule has 4 heteroatoms. The van der Waals surface area contributed by atoms with Crippen molar-refractivity contribution in [2.75, 3.05) is 7.05 Å². The Balaban J connectivity index is 0.00000116. The van der Waals surface area contributed by atoms with Gasteiger partial charge in [-0.1, -0.05) is 41.0 Å². The second kappa shape index (κ2) is 7.98. The lowest BCUT2D eigenvalue weighted by Crippen LogP contribution is -2.57. The van der Waals surface area contributed by atoms with Crippen molar-refractivity contribution in [2.24, 2.45) is 11.3 Å². The van der Waals surface area contributed by atoms with Crippen LogP contribution in [0, 0.1) is 11.3 Å². The number of nitrogens with one attached hydrogen (secondary N) is 1. The van der Waals surface area contributed by atoms with Crippen LogP contribution < -0.4 is 5.32 Å². The van der Waals surface area contributed by atoms with Gasteiger partial charge in [-0.15, -0.1) is 0 Å². The molecule has 2 fully saturated rings. The highest BCUT2D eigenvalue weighted by atomic mass is 16.2. The molecule has 0 aliphatic heterocycles. The van der Waals surface area contributed by atoms with Crippen molar-refractivity contribution in [3.63, 3.8) is 0 Å². The summed E-state index contributed by atoms with van der Waals surface area (Å²) in [5, 5.41) is 3.01. The molecule has 1 unspecified atom stereocenters. The summed E-state index contributed by atoms with van der Waals surface area (Å²) in [5.41, 5.74) is -0.255. The Labute approximate surface area is 136 Å². The van der Waals surface area contributed by atoms with Crippen molar-refractivity contribution in [1.29, 1.82) is 0 Å². The van der Waals surface area contributed by atoms with E-state index in [0.29, 0.717) is 6.04 Å². The SMILES string of the molecule is CC.CN(C(=O)C(NC(=O)C1CCC1)C(C)(C)C)C1CCC1. The van der Waals surface area contributed by atoms with E-state index < -0.39 is 6.04 Å². The topological polar surface area (TPSA) is 49.4 Å². The normalized spacial score (nSPS) is 19.9. The molecule has 1 N–H and O–H groups in total. The fourth-order valence-electron chi connectivity index (χ4n) is 2.74. The van der Waals surface area contributed by atoms with Crippen LogP contribution in [0.1, 0.15) is 73.1 Å². The summed E-state index contributed by atoms with van der Waals surface area (Å²) in [6.45, 7) is 10.1. The predicted molar refractivity (Wildman–Crippen MR) is 90.5 cm³/mol. The third-order valence-corrected chi connectivity index (χ3v) is 4.85. The van der Waals surface area contributed by atoms with Crippen molar-refractivity contribution in [3.05, 3.63) is 0 Å². The molecule has 2 aliphatic carbocycles. The first-order chi connectivity index (χ1) is 10.3. The van der Waals surface area contributed by atoms with Gasteiger partial charge in [-0.25, -0.2) is 0 Å². The second-order valence-corrected chi connectivity index (χ2v) is 7.47. The average Bonchev–Trinajstić information content (AvgIpc) is 2.32. The highest BCUT2D eigenvalue weighted by Gasteiger charge is 2.39. The summed E-state index contributed by atoms with van der Waals surface area (Å²) in [6.07, 6.45) is 6.46. The van der Waals surface area contributed by atoms with Gasteiger partial charge in [0, 0.05) is 19.0 Å². The van der Waals surface area contributed by atoms with Gasteiger partial charge in [0.05, 0.1) is 0 Å². The summed E-state index contributed by atoms with van der Waals surface area (Å²) >= 11 is 0. The molecule has 1 atom stereocenters. The van der Waals surface area contributed by atoms with Gasteiger partial charge in [0.1, 0.15) is 6.04 Å². The summed E-state index contributed by atoms with van der Waals surface area (Å²) in [5.74, 6) is 0.253. The van der Waals surface area contributed by atoms with Gasteiger partial charge >= 0.3 is 0 Å². The Bertz CT molecular complexity index is 379. The first-order valence-electron chi connectivity index (χ1n) is 8.87. The Kier molecular flexibility index (Phi) is 6.89. The van der Waals surface area contributed by atoms with E-state index in [4.69, 9.17) is 0 Å². The minimum Gasteiger partial charge on any atom is -0.344 e. The fourth-order valence-corrected chi connectivity index (χ4v) is 2.74. The third kappa shape index (κ3) is 4.47. The molecule has 2 amide bonds. The lowest BCUT2D eigenvalue weighted by molar-refractivity contribution is -0.143. The number of nitrogens with zero attached hydrogens (tertiary/aromatic N) is 1. The maximum Gasteiger partial charge on any atom is 0.245 e. The van der Waals surface area contributed by atoms with Gasteiger partial charge in [0.25, 0.3) is 0 Å². The molecular weight excluding hydrogens is 276 g/mol. The molecular formula is C18H34N2O2. The Morgan fingerprint density at radius 2 is 1.55 bits per heavy atom. The van der Waals surface area contributed by atoms with Crippen molar-refractivity contribution in [1.82, 2.24) is 10.2 Å². The smallest absolute Gasteiger partial charge is 0.245 e. The van der Waals surface area contributed by atoms with Gasteiger partial charge in [0.2, 0.25) is 11.8 Å². The molecule has 0 radical (unpaired) electrons. The van der Waals surface area contributed by atoms with Crippen LogP contribution in [0.3, 0.4) is 0 Å². The third-order valence-electron chi connectivity index (χ3n) is 4.85. The molecule has 2 aliphatic rings. The van der Waals surface area contributed by atoms with Crippen LogP contribution in [-0.2, 0) is 9.59 Å². The second-order valence-electron chi connectivity index (χ2n) is 7.47. The van der Waals surface area contributed by atoms with Crippen LogP contribution in [-0.4, -0.2) is 35.8 Å². The van der Waals surface area contributed by atoms with E-state index in [-0.39, 0.29) is 23.1 Å². The fraction of sp³-hybridized carbons (Fsp3) is 0.889. The average molecular weight is 310 g/mol. The van der Waals surface area contributed by atoms with Crippen LogP contribution in [0.5, 0.6) is 0 Å². The molecule has 2 saturated carbocycles. The molecule has 0 aromatic carbocycles. The van der Waals surface area contributed by atoms with E-state index in [0.717, 1.165) is 32.1 Å². The quantitative estimate of drug-likeness (QED) is 0.865. The summed E-state index contributed by atoms with van der Waals surface area (Å²) in [6, 6.07) is -0.0471. The molecule has 0 bridgehead atoms. The number of carbonyl (C=O) groups excluding carboxylic acids is 2. The summed E-state index contributed by atoms with van der Waals surface area (Å²) < 4.78 is 0. The first kappa shape index (κ1) is 19.0. The summed E-state index contributed by atoms with van der Waals surface area (Å²) in [7, 11) is 1.88. The molecule has 22 heavy (non-hydrogen) atoms. The molecule has 0 aromatic heterocycles. The van der Waals surface area contributed by atoms with Crippen LogP contribution in [0.2, 0.25) is 0 Å². The van der Waals surface area contributed by atoms with E-state index >= 15 is 0 Å². The highest BCUT2D eigenvalue weighted by molar-refractivity contribution is 5.89. The zero-order valence-corrected chi connectivity index (χ0v) is 15.2. The van der Waals surface area contributed by atoms with E-state index in [1.165, 1.54) is 6.42 Å². The number of amides is 2.